The molecule has 5 heteroatoms. The molecule has 1 heterocycles. The Bertz CT molecular complexity index is 510. The SMILES string of the molecule is C[C@@H]1OC2(CCCCC2)O[C@@H]1c1ccccc1[N+](=O)[O-]. The zero-order chi connectivity index (χ0) is 14.2. The maximum atomic E-state index is 11.2. The van der Waals surface area contributed by atoms with Crippen LogP contribution in [0.3, 0.4) is 0 Å². The fraction of sp³-hybridized carbons (Fsp3) is 0.600. The van der Waals surface area contributed by atoms with Crippen LogP contribution >= 0.6 is 0 Å². The van der Waals surface area contributed by atoms with Crippen LogP contribution in [-0.4, -0.2) is 16.8 Å². The summed E-state index contributed by atoms with van der Waals surface area (Å²) in [6.07, 6.45) is 4.65. The molecule has 0 aromatic heterocycles. The minimum absolute atomic E-state index is 0.112. The lowest BCUT2D eigenvalue weighted by molar-refractivity contribution is -0.386. The van der Waals surface area contributed by atoms with Crippen molar-refractivity contribution < 1.29 is 14.4 Å². The van der Waals surface area contributed by atoms with E-state index in [0.29, 0.717) is 5.56 Å². The molecule has 108 valence electrons. The number of benzene rings is 1. The molecule has 1 saturated carbocycles. The molecule has 1 aromatic rings. The Morgan fingerprint density at radius 3 is 2.60 bits per heavy atom. The van der Waals surface area contributed by atoms with Crippen molar-refractivity contribution >= 4 is 5.69 Å². The zero-order valence-corrected chi connectivity index (χ0v) is 11.6. The third-order valence-electron chi connectivity index (χ3n) is 4.22. The molecule has 1 saturated heterocycles. The van der Waals surface area contributed by atoms with E-state index in [4.69, 9.17) is 9.47 Å². The highest BCUT2D eigenvalue weighted by Gasteiger charge is 2.48. The van der Waals surface area contributed by atoms with Gasteiger partial charge in [0.15, 0.2) is 5.79 Å². The smallest absolute Gasteiger partial charge is 0.275 e. The maximum absolute atomic E-state index is 11.2. The molecule has 3 rings (SSSR count). The Hall–Kier alpha value is -1.46. The molecular formula is C15H19NO4. The molecule has 0 bridgehead atoms. The summed E-state index contributed by atoms with van der Waals surface area (Å²) >= 11 is 0. The van der Waals surface area contributed by atoms with Crippen molar-refractivity contribution in [2.75, 3.05) is 0 Å². The van der Waals surface area contributed by atoms with Crippen LogP contribution in [0.15, 0.2) is 24.3 Å². The van der Waals surface area contributed by atoms with Gasteiger partial charge in [-0.3, -0.25) is 10.1 Å². The normalized spacial score (nSPS) is 28.6. The van der Waals surface area contributed by atoms with Crippen LogP contribution in [0.2, 0.25) is 0 Å². The molecule has 20 heavy (non-hydrogen) atoms. The summed E-state index contributed by atoms with van der Waals surface area (Å²) in [7, 11) is 0. The van der Waals surface area contributed by atoms with Gasteiger partial charge in [-0.05, 0) is 25.8 Å². The average molecular weight is 277 g/mol. The summed E-state index contributed by atoms with van der Waals surface area (Å²) in [5.74, 6) is -0.522. The van der Waals surface area contributed by atoms with Crippen molar-refractivity contribution in [1.82, 2.24) is 0 Å². The second-order valence-electron chi connectivity index (χ2n) is 5.65. The fourth-order valence-electron chi connectivity index (χ4n) is 3.29. The summed E-state index contributed by atoms with van der Waals surface area (Å²) in [6.45, 7) is 1.94. The number of para-hydroxylation sites is 1. The van der Waals surface area contributed by atoms with Gasteiger partial charge in [-0.2, -0.15) is 0 Å². The molecule has 0 amide bonds. The van der Waals surface area contributed by atoms with E-state index in [1.165, 1.54) is 12.5 Å². The highest BCUT2D eigenvalue weighted by molar-refractivity contribution is 5.42. The Balaban J connectivity index is 1.89. The highest BCUT2D eigenvalue weighted by atomic mass is 16.8. The van der Waals surface area contributed by atoms with E-state index in [0.717, 1.165) is 25.7 Å². The third kappa shape index (κ3) is 2.31. The van der Waals surface area contributed by atoms with Gasteiger partial charge in [0, 0.05) is 18.9 Å². The van der Waals surface area contributed by atoms with Crippen molar-refractivity contribution in [1.29, 1.82) is 0 Å². The van der Waals surface area contributed by atoms with Gasteiger partial charge in [-0.1, -0.05) is 18.6 Å². The summed E-state index contributed by atoms with van der Waals surface area (Å²) < 4.78 is 12.2. The molecular weight excluding hydrogens is 258 g/mol. The van der Waals surface area contributed by atoms with E-state index >= 15 is 0 Å². The molecule has 1 aliphatic carbocycles. The predicted molar refractivity (Wildman–Crippen MR) is 73.3 cm³/mol. The van der Waals surface area contributed by atoms with E-state index in [1.807, 2.05) is 13.0 Å². The van der Waals surface area contributed by atoms with E-state index < -0.39 is 5.79 Å². The molecule has 2 fully saturated rings. The summed E-state index contributed by atoms with van der Waals surface area (Å²) in [4.78, 5) is 10.8. The summed E-state index contributed by atoms with van der Waals surface area (Å²) in [5.41, 5.74) is 0.730. The van der Waals surface area contributed by atoms with E-state index in [2.05, 4.69) is 0 Å². The van der Waals surface area contributed by atoms with Crippen LogP contribution in [0.4, 0.5) is 5.69 Å². The lowest BCUT2D eigenvalue weighted by atomic mass is 9.94. The van der Waals surface area contributed by atoms with Crippen LogP contribution in [0.5, 0.6) is 0 Å². The van der Waals surface area contributed by atoms with Gasteiger partial charge in [-0.15, -0.1) is 0 Å². The first kappa shape index (κ1) is 13.5. The Morgan fingerprint density at radius 1 is 1.20 bits per heavy atom. The first-order valence-corrected chi connectivity index (χ1v) is 7.20. The average Bonchev–Trinajstić information content (AvgIpc) is 2.76. The van der Waals surface area contributed by atoms with Crippen LogP contribution in [0.1, 0.15) is 50.7 Å². The number of ether oxygens (including phenoxy) is 2. The van der Waals surface area contributed by atoms with Crippen molar-refractivity contribution in [2.24, 2.45) is 0 Å². The van der Waals surface area contributed by atoms with Crippen LogP contribution in [-0.2, 0) is 9.47 Å². The molecule has 0 unspecified atom stereocenters. The third-order valence-corrected chi connectivity index (χ3v) is 4.22. The van der Waals surface area contributed by atoms with Crippen molar-refractivity contribution in [3.8, 4) is 0 Å². The topological polar surface area (TPSA) is 61.6 Å². The largest absolute Gasteiger partial charge is 0.344 e. The van der Waals surface area contributed by atoms with Crippen molar-refractivity contribution in [3.63, 3.8) is 0 Å². The fourth-order valence-corrected chi connectivity index (χ4v) is 3.29. The summed E-state index contributed by atoms with van der Waals surface area (Å²) in [6, 6.07) is 6.78. The van der Waals surface area contributed by atoms with Gasteiger partial charge in [0.05, 0.1) is 16.6 Å². The molecule has 0 radical (unpaired) electrons. The lowest BCUT2D eigenvalue weighted by Crippen LogP contribution is -2.33. The van der Waals surface area contributed by atoms with Crippen molar-refractivity contribution in [3.05, 3.63) is 39.9 Å². The number of nitro benzene ring substituents is 1. The number of hydrogen-bond acceptors (Lipinski definition) is 4. The standard InChI is InChI=1S/C15H19NO4/c1-11-14(12-7-3-4-8-13(12)16(17)18)20-15(19-11)9-5-2-6-10-15/h3-4,7-8,11,14H,2,5-6,9-10H2,1H3/t11-,14-/m0/s1. The molecule has 1 aromatic carbocycles. The minimum Gasteiger partial charge on any atom is -0.344 e. The predicted octanol–water partition coefficient (Wildman–Crippen LogP) is 3.73. The Kier molecular flexibility index (Phi) is 3.48. The first-order valence-electron chi connectivity index (χ1n) is 7.20. The lowest BCUT2D eigenvalue weighted by Gasteiger charge is -2.31. The summed E-state index contributed by atoms with van der Waals surface area (Å²) in [5, 5.41) is 11.2. The molecule has 0 N–H and O–H groups in total. The second kappa shape index (κ2) is 5.14. The second-order valence-corrected chi connectivity index (χ2v) is 5.65. The number of nitro groups is 1. The Labute approximate surface area is 118 Å². The van der Waals surface area contributed by atoms with Gasteiger partial charge in [-0.25, -0.2) is 0 Å². The van der Waals surface area contributed by atoms with Gasteiger partial charge in [0.2, 0.25) is 0 Å². The van der Waals surface area contributed by atoms with Crippen LogP contribution in [0, 0.1) is 10.1 Å². The van der Waals surface area contributed by atoms with Gasteiger partial charge in [0.1, 0.15) is 6.10 Å². The molecule has 1 spiro atoms. The zero-order valence-electron chi connectivity index (χ0n) is 11.6. The molecule has 1 aliphatic heterocycles. The monoisotopic (exact) mass is 277 g/mol. The number of rotatable bonds is 2. The Morgan fingerprint density at radius 2 is 1.90 bits per heavy atom. The minimum atomic E-state index is -0.522. The molecule has 2 atom stereocenters. The first-order chi connectivity index (χ1) is 9.61. The van der Waals surface area contributed by atoms with E-state index in [1.54, 1.807) is 12.1 Å². The van der Waals surface area contributed by atoms with E-state index in [-0.39, 0.29) is 22.8 Å². The van der Waals surface area contributed by atoms with E-state index in [9.17, 15) is 10.1 Å². The number of hydrogen-bond donors (Lipinski definition) is 0. The molecule has 5 nitrogen and oxygen atoms in total. The van der Waals surface area contributed by atoms with Crippen LogP contribution < -0.4 is 0 Å². The van der Waals surface area contributed by atoms with Crippen molar-refractivity contribution in [2.45, 2.75) is 57.0 Å². The van der Waals surface area contributed by atoms with Crippen LogP contribution in [0.25, 0.3) is 0 Å². The number of nitrogens with zero attached hydrogens (tertiary/aromatic N) is 1. The quantitative estimate of drug-likeness (QED) is 0.610. The van der Waals surface area contributed by atoms with Gasteiger partial charge in [0.25, 0.3) is 5.69 Å². The highest BCUT2D eigenvalue weighted by Crippen LogP contribution is 2.47. The maximum Gasteiger partial charge on any atom is 0.275 e. The molecule has 2 aliphatic rings. The van der Waals surface area contributed by atoms with Gasteiger partial charge >= 0.3 is 0 Å². The van der Waals surface area contributed by atoms with Gasteiger partial charge < -0.3 is 9.47 Å².